The predicted molar refractivity (Wildman–Crippen MR) is 75.7 cm³/mol. The molecule has 0 amide bonds. The zero-order valence-corrected chi connectivity index (χ0v) is 11.4. The van der Waals surface area contributed by atoms with E-state index in [9.17, 15) is 0 Å². The Morgan fingerprint density at radius 1 is 0.895 bits per heavy atom. The molecular formula is C14H22N4O. The fourth-order valence-corrected chi connectivity index (χ4v) is 2.73. The molecule has 0 N–H and O–H groups in total. The van der Waals surface area contributed by atoms with Gasteiger partial charge in [0.1, 0.15) is 5.82 Å². The summed E-state index contributed by atoms with van der Waals surface area (Å²) in [6.45, 7) is 5.62. The summed E-state index contributed by atoms with van der Waals surface area (Å²) in [4.78, 5) is 13.8. The summed E-state index contributed by atoms with van der Waals surface area (Å²) in [7, 11) is 0. The molecule has 0 spiro atoms. The zero-order chi connectivity index (χ0) is 12.9. The summed E-state index contributed by atoms with van der Waals surface area (Å²) in [5.41, 5.74) is 0. The average Bonchev–Trinajstić information content (AvgIpc) is 2.77. The van der Waals surface area contributed by atoms with Crippen LogP contribution in [0.5, 0.6) is 0 Å². The molecule has 0 atom stereocenters. The van der Waals surface area contributed by atoms with Crippen molar-refractivity contribution >= 4 is 11.8 Å². The number of rotatable bonds is 2. The first-order valence-corrected chi connectivity index (χ1v) is 7.34. The molecule has 0 radical (unpaired) electrons. The van der Waals surface area contributed by atoms with E-state index in [2.05, 4.69) is 14.8 Å². The van der Waals surface area contributed by atoms with E-state index in [-0.39, 0.29) is 0 Å². The van der Waals surface area contributed by atoms with Crippen molar-refractivity contribution in [3.63, 3.8) is 0 Å². The first-order valence-electron chi connectivity index (χ1n) is 7.34. The molecule has 104 valence electrons. The SMILES string of the molecule is c1cc(N2CCOCC2)nc(N2CCCCCC2)n1. The summed E-state index contributed by atoms with van der Waals surface area (Å²) in [6, 6.07) is 2.01. The minimum Gasteiger partial charge on any atom is -0.378 e. The highest BCUT2D eigenvalue weighted by atomic mass is 16.5. The van der Waals surface area contributed by atoms with Gasteiger partial charge in [-0.15, -0.1) is 0 Å². The molecule has 2 aliphatic rings. The summed E-state index contributed by atoms with van der Waals surface area (Å²) in [5.74, 6) is 1.93. The molecule has 0 unspecified atom stereocenters. The van der Waals surface area contributed by atoms with E-state index >= 15 is 0 Å². The Morgan fingerprint density at radius 3 is 2.37 bits per heavy atom. The number of aromatic nitrogens is 2. The van der Waals surface area contributed by atoms with Gasteiger partial charge < -0.3 is 14.5 Å². The first-order chi connectivity index (χ1) is 9.43. The lowest BCUT2D eigenvalue weighted by Gasteiger charge is -2.29. The molecule has 2 fully saturated rings. The summed E-state index contributed by atoms with van der Waals surface area (Å²) < 4.78 is 5.39. The normalized spacial score (nSPS) is 21.3. The lowest BCUT2D eigenvalue weighted by Crippen LogP contribution is -2.37. The molecule has 1 aromatic rings. The fraction of sp³-hybridized carbons (Fsp3) is 0.714. The first kappa shape index (κ1) is 12.7. The van der Waals surface area contributed by atoms with E-state index in [1.807, 2.05) is 12.3 Å². The molecule has 1 aromatic heterocycles. The Bertz CT molecular complexity index is 398. The molecule has 0 bridgehead atoms. The van der Waals surface area contributed by atoms with Crippen LogP contribution in [0.1, 0.15) is 25.7 Å². The van der Waals surface area contributed by atoms with E-state index in [0.29, 0.717) is 0 Å². The van der Waals surface area contributed by atoms with E-state index in [1.54, 1.807) is 0 Å². The molecule has 0 aromatic carbocycles. The third kappa shape index (κ3) is 3.15. The highest BCUT2D eigenvalue weighted by Gasteiger charge is 2.16. The quantitative estimate of drug-likeness (QED) is 0.811. The van der Waals surface area contributed by atoms with Gasteiger partial charge in [-0.05, 0) is 18.9 Å². The van der Waals surface area contributed by atoms with Crippen LogP contribution in [0.2, 0.25) is 0 Å². The van der Waals surface area contributed by atoms with Gasteiger partial charge in [0, 0.05) is 32.4 Å². The summed E-state index contributed by atoms with van der Waals surface area (Å²) in [5, 5.41) is 0. The maximum atomic E-state index is 5.39. The number of hydrogen-bond donors (Lipinski definition) is 0. The minimum absolute atomic E-state index is 0.795. The smallest absolute Gasteiger partial charge is 0.227 e. The molecule has 2 saturated heterocycles. The Morgan fingerprint density at radius 2 is 1.63 bits per heavy atom. The number of anilines is 2. The Kier molecular flexibility index (Phi) is 4.13. The molecule has 3 heterocycles. The Balaban J connectivity index is 1.74. The van der Waals surface area contributed by atoms with Crippen molar-refractivity contribution in [2.45, 2.75) is 25.7 Å². The van der Waals surface area contributed by atoms with Crippen LogP contribution in [0.25, 0.3) is 0 Å². The van der Waals surface area contributed by atoms with Crippen LogP contribution >= 0.6 is 0 Å². The minimum atomic E-state index is 0.795. The van der Waals surface area contributed by atoms with Crippen molar-refractivity contribution in [1.82, 2.24) is 9.97 Å². The standard InChI is InChI=1S/C14H22N4O/c1-2-4-8-18(7-3-1)14-15-6-5-13(16-14)17-9-11-19-12-10-17/h5-6H,1-4,7-12H2. The average molecular weight is 262 g/mol. The number of hydrogen-bond acceptors (Lipinski definition) is 5. The topological polar surface area (TPSA) is 41.5 Å². The Hall–Kier alpha value is -1.36. The lowest BCUT2D eigenvalue weighted by atomic mass is 10.2. The van der Waals surface area contributed by atoms with Crippen LogP contribution in [0, 0.1) is 0 Å². The largest absolute Gasteiger partial charge is 0.378 e. The van der Waals surface area contributed by atoms with Crippen molar-refractivity contribution in [2.75, 3.05) is 49.2 Å². The van der Waals surface area contributed by atoms with Gasteiger partial charge in [-0.1, -0.05) is 12.8 Å². The third-order valence-electron chi connectivity index (χ3n) is 3.85. The highest BCUT2D eigenvalue weighted by molar-refractivity contribution is 5.44. The maximum absolute atomic E-state index is 5.39. The van der Waals surface area contributed by atoms with Crippen LogP contribution in [0.3, 0.4) is 0 Å². The van der Waals surface area contributed by atoms with E-state index < -0.39 is 0 Å². The van der Waals surface area contributed by atoms with Crippen molar-refractivity contribution in [3.8, 4) is 0 Å². The molecule has 3 rings (SSSR count). The second-order valence-electron chi connectivity index (χ2n) is 5.22. The zero-order valence-electron chi connectivity index (χ0n) is 11.4. The summed E-state index contributed by atoms with van der Waals surface area (Å²) >= 11 is 0. The number of morpholine rings is 1. The van der Waals surface area contributed by atoms with Crippen molar-refractivity contribution in [3.05, 3.63) is 12.3 Å². The number of nitrogens with zero attached hydrogens (tertiary/aromatic N) is 4. The Labute approximate surface area is 114 Å². The van der Waals surface area contributed by atoms with Crippen LogP contribution in [-0.2, 0) is 4.74 Å². The number of ether oxygens (including phenoxy) is 1. The van der Waals surface area contributed by atoms with Crippen LogP contribution < -0.4 is 9.80 Å². The van der Waals surface area contributed by atoms with E-state index in [0.717, 1.165) is 51.2 Å². The van der Waals surface area contributed by atoms with Gasteiger partial charge in [-0.2, -0.15) is 4.98 Å². The van der Waals surface area contributed by atoms with E-state index in [1.165, 1.54) is 25.7 Å². The monoisotopic (exact) mass is 262 g/mol. The van der Waals surface area contributed by atoms with Gasteiger partial charge in [0.15, 0.2) is 0 Å². The lowest BCUT2D eigenvalue weighted by molar-refractivity contribution is 0.122. The van der Waals surface area contributed by atoms with Crippen LogP contribution in [0.15, 0.2) is 12.3 Å². The molecule has 0 saturated carbocycles. The second kappa shape index (κ2) is 6.19. The fourth-order valence-electron chi connectivity index (χ4n) is 2.73. The molecule has 5 heteroatoms. The van der Waals surface area contributed by atoms with Gasteiger partial charge in [0.05, 0.1) is 13.2 Å². The van der Waals surface area contributed by atoms with Crippen molar-refractivity contribution in [1.29, 1.82) is 0 Å². The second-order valence-corrected chi connectivity index (χ2v) is 5.22. The molecule has 2 aliphatic heterocycles. The molecule has 19 heavy (non-hydrogen) atoms. The van der Waals surface area contributed by atoms with Gasteiger partial charge in [-0.25, -0.2) is 4.98 Å². The van der Waals surface area contributed by atoms with Crippen LogP contribution in [-0.4, -0.2) is 49.4 Å². The van der Waals surface area contributed by atoms with Crippen molar-refractivity contribution < 1.29 is 4.74 Å². The predicted octanol–water partition coefficient (Wildman–Crippen LogP) is 1.69. The molecule has 5 nitrogen and oxygen atoms in total. The maximum Gasteiger partial charge on any atom is 0.227 e. The highest BCUT2D eigenvalue weighted by Crippen LogP contribution is 2.19. The van der Waals surface area contributed by atoms with Gasteiger partial charge in [-0.3, -0.25) is 0 Å². The molecule has 0 aliphatic carbocycles. The van der Waals surface area contributed by atoms with Crippen LogP contribution in [0.4, 0.5) is 11.8 Å². The third-order valence-corrected chi connectivity index (χ3v) is 3.85. The van der Waals surface area contributed by atoms with E-state index in [4.69, 9.17) is 9.72 Å². The van der Waals surface area contributed by atoms with Gasteiger partial charge >= 0.3 is 0 Å². The van der Waals surface area contributed by atoms with Gasteiger partial charge in [0.2, 0.25) is 5.95 Å². The molecular weight excluding hydrogens is 240 g/mol. The summed E-state index contributed by atoms with van der Waals surface area (Å²) in [6.07, 6.45) is 7.06. The van der Waals surface area contributed by atoms with Gasteiger partial charge in [0.25, 0.3) is 0 Å². The van der Waals surface area contributed by atoms with Crippen molar-refractivity contribution in [2.24, 2.45) is 0 Å².